The Morgan fingerprint density at radius 2 is 1.90 bits per heavy atom. The van der Waals surface area contributed by atoms with Gasteiger partial charge in [-0.1, -0.05) is 0 Å². The molecule has 0 aliphatic heterocycles. The number of halogens is 3. The van der Waals surface area contributed by atoms with E-state index in [1.165, 1.54) is 25.1 Å². The summed E-state index contributed by atoms with van der Waals surface area (Å²) in [5, 5.41) is 11.8. The molecule has 2 aromatic rings. The largest absolute Gasteiger partial charge is 0.507 e. The van der Waals surface area contributed by atoms with Crippen molar-refractivity contribution in [1.29, 1.82) is 0 Å². The molecule has 0 aliphatic carbocycles. The summed E-state index contributed by atoms with van der Waals surface area (Å²) in [6, 6.07) is 6.07. The Hall–Kier alpha value is -1.95. The molecule has 20 heavy (non-hydrogen) atoms. The average Bonchev–Trinajstić information content (AvgIpc) is 2.39. The third-order valence-electron chi connectivity index (χ3n) is 2.70. The van der Waals surface area contributed by atoms with E-state index in [0.717, 1.165) is 12.1 Å². The monoisotopic (exact) mass is 341 g/mol. The van der Waals surface area contributed by atoms with Gasteiger partial charge in [0.25, 0.3) is 5.91 Å². The Balaban J connectivity index is 2.27. The van der Waals surface area contributed by atoms with Gasteiger partial charge in [-0.2, -0.15) is 0 Å². The molecule has 0 bridgehead atoms. The number of aryl methyl sites for hydroxylation is 1. The van der Waals surface area contributed by atoms with E-state index in [0.29, 0.717) is 4.47 Å². The summed E-state index contributed by atoms with van der Waals surface area (Å²) in [4.78, 5) is 11.9. The summed E-state index contributed by atoms with van der Waals surface area (Å²) in [6.45, 7) is 1.43. The molecule has 0 spiro atoms. The summed E-state index contributed by atoms with van der Waals surface area (Å²) in [5.74, 6) is -2.10. The summed E-state index contributed by atoms with van der Waals surface area (Å²) in [6.07, 6.45) is 0. The average molecular weight is 342 g/mol. The highest BCUT2D eigenvalue weighted by Crippen LogP contribution is 2.25. The topological polar surface area (TPSA) is 49.3 Å². The van der Waals surface area contributed by atoms with Gasteiger partial charge in [0.15, 0.2) is 0 Å². The van der Waals surface area contributed by atoms with E-state index < -0.39 is 17.5 Å². The van der Waals surface area contributed by atoms with Gasteiger partial charge in [-0.25, -0.2) is 8.78 Å². The van der Waals surface area contributed by atoms with Crippen LogP contribution in [0.1, 0.15) is 15.9 Å². The zero-order chi connectivity index (χ0) is 14.9. The van der Waals surface area contributed by atoms with E-state index in [2.05, 4.69) is 21.2 Å². The normalized spacial score (nSPS) is 10.4. The number of amides is 1. The molecular weight excluding hydrogens is 332 g/mol. The number of phenols is 1. The Bertz CT molecular complexity index is 689. The fourth-order valence-corrected chi connectivity index (χ4v) is 1.84. The van der Waals surface area contributed by atoms with Crippen molar-refractivity contribution in [3.05, 3.63) is 57.6 Å². The van der Waals surface area contributed by atoms with Crippen molar-refractivity contribution in [1.82, 2.24) is 0 Å². The first-order valence-corrected chi connectivity index (χ1v) is 6.43. The maximum atomic E-state index is 13.6. The Morgan fingerprint density at radius 1 is 1.20 bits per heavy atom. The number of phenolic OH excluding ortho intramolecular Hbond substituents is 1. The van der Waals surface area contributed by atoms with Gasteiger partial charge in [0.1, 0.15) is 17.4 Å². The molecule has 0 radical (unpaired) electrons. The van der Waals surface area contributed by atoms with Crippen LogP contribution in [-0.4, -0.2) is 11.0 Å². The van der Waals surface area contributed by atoms with Crippen LogP contribution in [0.2, 0.25) is 0 Å². The van der Waals surface area contributed by atoms with Gasteiger partial charge < -0.3 is 10.4 Å². The van der Waals surface area contributed by atoms with Crippen LogP contribution < -0.4 is 5.32 Å². The number of hydrogen-bond donors (Lipinski definition) is 2. The van der Waals surface area contributed by atoms with Crippen molar-refractivity contribution in [3.8, 4) is 5.75 Å². The van der Waals surface area contributed by atoms with Gasteiger partial charge in [0.05, 0.1) is 10.2 Å². The highest BCUT2D eigenvalue weighted by molar-refractivity contribution is 9.10. The quantitative estimate of drug-likeness (QED) is 0.867. The van der Waals surface area contributed by atoms with E-state index >= 15 is 0 Å². The fourth-order valence-electron chi connectivity index (χ4n) is 1.59. The molecule has 0 aliphatic rings. The summed E-state index contributed by atoms with van der Waals surface area (Å²) in [5.41, 5.74) is 0.0355. The predicted octanol–water partition coefficient (Wildman–Crippen LogP) is 3.99. The zero-order valence-electron chi connectivity index (χ0n) is 10.4. The lowest BCUT2D eigenvalue weighted by atomic mass is 10.1. The molecule has 1 amide bonds. The van der Waals surface area contributed by atoms with Crippen molar-refractivity contribution < 1.29 is 18.7 Å². The van der Waals surface area contributed by atoms with Gasteiger partial charge in [-0.3, -0.25) is 4.79 Å². The second-order valence-corrected chi connectivity index (χ2v) is 5.06. The fraction of sp³-hybridized carbons (Fsp3) is 0.0714. The van der Waals surface area contributed by atoms with Crippen LogP contribution in [-0.2, 0) is 0 Å². The molecule has 6 heteroatoms. The Morgan fingerprint density at radius 3 is 2.55 bits per heavy atom. The van der Waals surface area contributed by atoms with Crippen molar-refractivity contribution in [2.75, 3.05) is 5.32 Å². The van der Waals surface area contributed by atoms with Crippen molar-refractivity contribution in [3.63, 3.8) is 0 Å². The Labute approximate surface area is 122 Å². The number of anilines is 1. The second-order valence-electron chi connectivity index (χ2n) is 4.20. The molecule has 0 saturated carbocycles. The molecule has 0 saturated heterocycles. The third kappa shape index (κ3) is 2.96. The van der Waals surface area contributed by atoms with Crippen LogP contribution in [0.4, 0.5) is 14.5 Å². The third-order valence-corrected chi connectivity index (χ3v) is 3.38. The molecule has 2 N–H and O–H groups in total. The summed E-state index contributed by atoms with van der Waals surface area (Å²) >= 11 is 3.08. The molecule has 0 unspecified atom stereocenters. The molecule has 3 nitrogen and oxygen atoms in total. The number of carbonyl (C=O) groups excluding carboxylic acids is 1. The SMILES string of the molecule is Cc1cc(F)c(NC(=O)c2ccc(Br)c(O)c2)cc1F. The van der Waals surface area contributed by atoms with E-state index in [9.17, 15) is 18.7 Å². The van der Waals surface area contributed by atoms with Crippen LogP contribution in [0.5, 0.6) is 5.75 Å². The minimum atomic E-state index is -0.724. The van der Waals surface area contributed by atoms with E-state index in [1.807, 2.05) is 0 Å². The van der Waals surface area contributed by atoms with Crippen molar-refractivity contribution in [2.24, 2.45) is 0 Å². The van der Waals surface area contributed by atoms with E-state index in [1.54, 1.807) is 0 Å². The molecule has 2 rings (SSSR count). The van der Waals surface area contributed by atoms with Crippen LogP contribution in [0.25, 0.3) is 0 Å². The van der Waals surface area contributed by atoms with Crippen LogP contribution in [0.3, 0.4) is 0 Å². The van der Waals surface area contributed by atoms with Gasteiger partial charge in [0, 0.05) is 11.6 Å². The minimum Gasteiger partial charge on any atom is -0.507 e. The van der Waals surface area contributed by atoms with Gasteiger partial charge in [0.2, 0.25) is 0 Å². The lowest BCUT2D eigenvalue weighted by molar-refractivity contribution is 0.102. The minimum absolute atomic E-state index is 0.117. The smallest absolute Gasteiger partial charge is 0.255 e. The number of benzene rings is 2. The lowest BCUT2D eigenvalue weighted by Crippen LogP contribution is -2.13. The summed E-state index contributed by atoms with van der Waals surface area (Å²) in [7, 11) is 0. The highest BCUT2D eigenvalue weighted by Gasteiger charge is 2.13. The number of carbonyl (C=O) groups is 1. The molecule has 0 heterocycles. The molecule has 0 atom stereocenters. The lowest BCUT2D eigenvalue weighted by Gasteiger charge is -2.08. The van der Waals surface area contributed by atoms with Crippen molar-refractivity contribution in [2.45, 2.75) is 6.92 Å². The molecule has 2 aromatic carbocycles. The van der Waals surface area contributed by atoms with E-state index in [-0.39, 0.29) is 22.6 Å². The standard InChI is InChI=1S/C14H10BrF2NO2/c1-7-4-11(17)12(6-10(7)16)18-14(20)8-2-3-9(15)13(19)5-8/h2-6,19H,1H3,(H,18,20). The highest BCUT2D eigenvalue weighted by atomic mass is 79.9. The van der Waals surface area contributed by atoms with Crippen LogP contribution >= 0.6 is 15.9 Å². The molecule has 0 aromatic heterocycles. The number of hydrogen-bond acceptors (Lipinski definition) is 2. The number of rotatable bonds is 2. The van der Waals surface area contributed by atoms with Crippen LogP contribution in [0, 0.1) is 18.6 Å². The predicted molar refractivity (Wildman–Crippen MR) is 74.9 cm³/mol. The van der Waals surface area contributed by atoms with Crippen LogP contribution in [0.15, 0.2) is 34.8 Å². The van der Waals surface area contributed by atoms with Crippen molar-refractivity contribution >= 4 is 27.5 Å². The first-order valence-electron chi connectivity index (χ1n) is 5.64. The maximum absolute atomic E-state index is 13.6. The Kier molecular flexibility index (Phi) is 4.04. The second kappa shape index (κ2) is 5.58. The van der Waals surface area contributed by atoms with E-state index in [4.69, 9.17) is 0 Å². The maximum Gasteiger partial charge on any atom is 0.255 e. The van der Waals surface area contributed by atoms with Gasteiger partial charge >= 0.3 is 0 Å². The van der Waals surface area contributed by atoms with Gasteiger partial charge in [-0.15, -0.1) is 0 Å². The first-order chi connectivity index (χ1) is 9.38. The molecule has 104 valence electrons. The molecule has 0 fully saturated rings. The first kappa shape index (κ1) is 14.5. The molecular formula is C14H10BrF2NO2. The number of nitrogens with one attached hydrogen (secondary N) is 1. The summed E-state index contributed by atoms with van der Waals surface area (Å²) < 4.78 is 27.4. The number of aromatic hydroxyl groups is 1. The van der Waals surface area contributed by atoms with Gasteiger partial charge in [-0.05, 0) is 52.7 Å². The zero-order valence-corrected chi connectivity index (χ0v) is 12.0.